The Morgan fingerprint density at radius 1 is 1.13 bits per heavy atom. The van der Waals surface area contributed by atoms with Crippen molar-refractivity contribution in [1.29, 1.82) is 0 Å². The predicted octanol–water partition coefficient (Wildman–Crippen LogP) is 5.13. The number of thiocarbonyl (C=S) groups is 1. The number of ether oxygens (including phenoxy) is 1. The van der Waals surface area contributed by atoms with Crippen LogP contribution in [0.4, 0.5) is 18.9 Å². The van der Waals surface area contributed by atoms with E-state index in [0.717, 1.165) is 42.5 Å². The zero-order valence-corrected chi connectivity index (χ0v) is 17.4. The highest BCUT2D eigenvalue weighted by Gasteiger charge is 2.33. The third-order valence-electron chi connectivity index (χ3n) is 5.05. The number of alkyl halides is 3. The predicted molar refractivity (Wildman–Crippen MR) is 114 cm³/mol. The molecule has 0 radical (unpaired) electrons. The maximum atomic E-state index is 13.0. The Morgan fingerprint density at radius 3 is 2.40 bits per heavy atom. The number of benzene rings is 2. The number of hydrogen-bond donors (Lipinski definition) is 1. The van der Waals surface area contributed by atoms with Crippen molar-refractivity contribution in [2.45, 2.75) is 25.9 Å². The third kappa shape index (κ3) is 5.72. The Hall–Kier alpha value is -2.61. The Morgan fingerprint density at radius 2 is 1.77 bits per heavy atom. The lowest BCUT2D eigenvalue weighted by atomic mass is 9.99. The number of anilines is 1. The van der Waals surface area contributed by atoms with Crippen LogP contribution in [-0.4, -0.2) is 35.5 Å². The van der Waals surface area contributed by atoms with Gasteiger partial charge in [0.05, 0.1) is 11.3 Å². The smallest absolute Gasteiger partial charge is 0.418 e. The van der Waals surface area contributed by atoms with Crippen LogP contribution >= 0.6 is 12.2 Å². The minimum absolute atomic E-state index is 0.296. The van der Waals surface area contributed by atoms with Gasteiger partial charge in [0.1, 0.15) is 10.7 Å². The van der Waals surface area contributed by atoms with Gasteiger partial charge in [-0.15, -0.1) is 0 Å². The van der Waals surface area contributed by atoms with E-state index in [1.54, 1.807) is 12.1 Å². The highest BCUT2D eigenvalue weighted by molar-refractivity contribution is 7.80. The van der Waals surface area contributed by atoms with Crippen molar-refractivity contribution < 1.29 is 22.7 Å². The molecule has 3 rings (SSSR count). The number of hydrogen-bond acceptors (Lipinski definition) is 3. The minimum atomic E-state index is -4.55. The molecule has 0 aliphatic carbocycles. The number of carbonyl (C=O) groups excluding carboxylic acids is 1. The number of amides is 1. The van der Waals surface area contributed by atoms with Crippen LogP contribution in [0.2, 0.25) is 0 Å². The Balaban J connectivity index is 1.54. The Labute approximate surface area is 179 Å². The molecule has 2 aromatic rings. The molecule has 4 nitrogen and oxygen atoms in total. The maximum absolute atomic E-state index is 13.0. The second-order valence-corrected chi connectivity index (χ2v) is 7.77. The van der Waals surface area contributed by atoms with Crippen LogP contribution in [0.5, 0.6) is 5.75 Å². The standard InChI is InChI=1S/C22H23F3N2O2S/c1-15-10-12-27(13-11-15)21(30)16-6-8-17(9-7-16)29-14-20(28)26-19-5-3-2-4-18(19)22(23,24)25/h2-9,15H,10-14H2,1H3,(H,26,28). The van der Waals surface area contributed by atoms with Gasteiger partial charge < -0.3 is 15.0 Å². The molecule has 0 atom stereocenters. The first kappa shape index (κ1) is 22.1. The molecule has 1 aliphatic rings. The number of piperidine rings is 1. The van der Waals surface area contributed by atoms with E-state index in [0.29, 0.717) is 11.7 Å². The van der Waals surface area contributed by atoms with Gasteiger partial charge in [0.15, 0.2) is 6.61 Å². The first-order valence-corrected chi connectivity index (χ1v) is 10.1. The molecule has 0 aromatic heterocycles. The molecule has 2 aromatic carbocycles. The second kappa shape index (κ2) is 9.47. The second-order valence-electron chi connectivity index (χ2n) is 7.38. The van der Waals surface area contributed by atoms with Crippen molar-refractivity contribution >= 4 is 28.8 Å². The summed E-state index contributed by atoms with van der Waals surface area (Å²) in [6, 6.07) is 11.9. The highest BCUT2D eigenvalue weighted by Crippen LogP contribution is 2.34. The largest absolute Gasteiger partial charge is 0.484 e. The van der Waals surface area contributed by atoms with Gasteiger partial charge in [0.2, 0.25) is 0 Å². The molecule has 30 heavy (non-hydrogen) atoms. The molecule has 0 saturated carbocycles. The van der Waals surface area contributed by atoms with Crippen LogP contribution in [-0.2, 0) is 11.0 Å². The van der Waals surface area contributed by atoms with Gasteiger partial charge in [-0.3, -0.25) is 4.79 Å². The summed E-state index contributed by atoms with van der Waals surface area (Å²) in [6.45, 7) is 3.72. The average molecular weight is 436 g/mol. The summed E-state index contributed by atoms with van der Waals surface area (Å²) in [5.41, 5.74) is -0.297. The molecule has 1 fully saturated rings. The van der Waals surface area contributed by atoms with Crippen molar-refractivity contribution in [3.8, 4) is 5.75 Å². The number of nitrogens with zero attached hydrogens (tertiary/aromatic N) is 1. The summed E-state index contributed by atoms with van der Waals surface area (Å²) >= 11 is 5.57. The lowest BCUT2D eigenvalue weighted by Gasteiger charge is -2.32. The number of nitrogens with one attached hydrogen (secondary N) is 1. The van der Waals surface area contributed by atoms with Crippen LogP contribution in [0.1, 0.15) is 30.9 Å². The van der Waals surface area contributed by atoms with Gasteiger partial charge in [-0.2, -0.15) is 13.2 Å². The normalized spacial score (nSPS) is 15.0. The molecule has 1 N–H and O–H groups in total. The molecule has 8 heteroatoms. The number of likely N-dealkylation sites (tertiary alicyclic amines) is 1. The number of rotatable bonds is 5. The van der Waals surface area contributed by atoms with Crippen molar-refractivity contribution in [3.05, 3.63) is 59.7 Å². The van der Waals surface area contributed by atoms with Gasteiger partial charge in [-0.1, -0.05) is 31.3 Å². The Bertz CT molecular complexity index is 892. The van der Waals surface area contributed by atoms with Gasteiger partial charge in [0.25, 0.3) is 5.91 Å². The molecule has 0 bridgehead atoms. The molecule has 1 heterocycles. The summed E-state index contributed by atoms with van der Waals surface area (Å²) in [4.78, 5) is 15.0. The maximum Gasteiger partial charge on any atom is 0.418 e. The monoisotopic (exact) mass is 436 g/mol. The van der Waals surface area contributed by atoms with Crippen LogP contribution in [0.25, 0.3) is 0 Å². The van der Waals surface area contributed by atoms with Crippen LogP contribution in [0.3, 0.4) is 0 Å². The van der Waals surface area contributed by atoms with E-state index < -0.39 is 24.3 Å². The van der Waals surface area contributed by atoms with Gasteiger partial charge in [-0.05, 0) is 55.2 Å². The zero-order chi connectivity index (χ0) is 21.7. The quantitative estimate of drug-likeness (QED) is 0.660. The third-order valence-corrected chi connectivity index (χ3v) is 5.54. The van der Waals surface area contributed by atoms with Gasteiger partial charge in [0, 0.05) is 18.7 Å². The van der Waals surface area contributed by atoms with Crippen molar-refractivity contribution in [2.75, 3.05) is 25.0 Å². The Kier molecular flexibility index (Phi) is 6.97. The molecule has 160 valence electrons. The zero-order valence-electron chi connectivity index (χ0n) is 16.5. The van der Waals surface area contributed by atoms with E-state index in [1.807, 2.05) is 12.1 Å². The topological polar surface area (TPSA) is 41.6 Å². The van der Waals surface area contributed by atoms with E-state index in [9.17, 15) is 18.0 Å². The molecular weight excluding hydrogens is 413 g/mol. The summed E-state index contributed by atoms with van der Waals surface area (Å²) in [5.74, 6) is 0.482. The number of carbonyl (C=O) groups is 1. The average Bonchev–Trinajstić information content (AvgIpc) is 2.72. The fraction of sp³-hybridized carbons (Fsp3) is 0.364. The van der Waals surface area contributed by atoms with E-state index in [1.165, 1.54) is 18.2 Å². The first-order chi connectivity index (χ1) is 14.2. The van der Waals surface area contributed by atoms with E-state index >= 15 is 0 Å². The van der Waals surface area contributed by atoms with Crippen LogP contribution in [0.15, 0.2) is 48.5 Å². The fourth-order valence-electron chi connectivity index (χ4n) is 3.26. The first-order valence-electron chi connectivity index (χ1n) is 9.72. The van der Waals surface area contributed by atoms with E-state index in [-0.39, 0.29) is 5.69 Å². The van der Waals surface area contributed by atoms with E-state index in [2.05, 4.69) is 17.1 Å². The molecule has 1 amide bonds. The van der Waals surface area contributed by atoms with E-state index in [4.69, 9.17) is 17.0 Å². The number of halogens is 3. The van der Waals surface area contributed by atoms with Crippen molar-refractivity contribution in [2.24, 2.45) is 5.92 Å². The molecule has 0 unspecified atom stereocenters. The SMILES string of the molecule is CC1CCN(C(=S)c2ccc(OCC(=O)Nc3ccccc3C(F)(F)F)cc2)CC1. The summed E-state index contributed by atoms with van der Waals surface area (Å²) in [7, 11) is 0. The van der Waals surface area contributed by atoms with Crippen LogP contribution in [0, 0.1) is 5.92 Å². The van der Waals surface area contributed by atoms with Crippen molar-refractivity contribution in [3.63, 3.8) is 0 Å². The van der Waals surface area contributed by atoms with Gasteiger partial charge in [-0.25, -0.2) is 0 Å². The lowest BCUT2D eigenvalue weighted by molar-refractivity contribution is -0.137. The highest BCUT2D eigenvalue weighted by atomic mass is 32.1. The van der Waals surface area contributed by atoms with Gasteiger partial charge >= 0.3 is 6.18 Å². The van der Waals surface area contributed by atoms with Crippen LogP contribution < -0.4 is 10.1 Å². The number of para-hydroxylation sites is 1. The lowest BCUT2D eigenvalue weighted by Crippen LogP contribution is -2.37. The summed E-state index contributed by atoms with van der Waals surface area (Å²) in [6.07, 6.45) is -2.31. The van der Waals surface area contributed by atoms with Crippen molar-refractivity contribution in [1.82, 2.24) is 4.90 Å². The molecule has 0 spiro atoms. The molecule has 1 aliphatic heterocycles. The molecular formula is C22H23F3N2O2S. The summed E-state index contributed by atoms with van der Waals surface area (Å²) < 4.78 is 44.4. The summed E-state index contributed by atoms with van der Waals surface area (Å²) in [5, 5.41) is 2.25. The fourth-order valence-corrected chi connectivity index (χ4v) is 3.58. The minimum Gasteiger partial charge on any atom is -0.484 e. The molecule has 1 saturated heterocycles.